The maximum atomic E-state index is 13.6. The predicted octanol–water partition coefficient (Wildman–Crippen LogP) is 4.58. The van der Waals surface area contributed by atoms with Gasteiger partial charge in [0.05, 0.1) is 29.3 Å². The Hall–Kier alpha value is -3.15. The Morgan fingerprint density at radius 3 is 2.60 bits per heavy atom. The second kappa shape index (κ2) is 14.0. The molecule has 0 aliphatic carbocycles. The number of nitrogens with zero attached hydrogens (tertiary/aromatic N) is 2. The first-order valence-corrected chi connectivity index (χ1v) is 15.5. The Balaban J connectivity index is 1.53. The van der Waals surface area contributed by atoms with Crippen LogP contribution in [0.15, 0.2) is 66.7 Å². The molecule has 216 valence electrons. The highest BCUT2D eigenvalue weighted by molar-refractivity contribution is 8.25. The molecule has 2 heterocycles. The summed E-state index contributed by atoms with van der Waals surface area (Å²) in [6, 6.07) is 20.3. The third kappa shape index (κ3) is 8.18. The van der Waals surface area contributed by atoms with Crippen molar-refractivity contribution in [1.29, 1.82) is 0 Å². The van der Waals surface area contributed by atoms with Gasteiger partial charge in [-0.1, -0.05) is 36.4 Å². The van der Waals surface area contributed by atoms with Crippen LogP contribution in [-0.4, -0.2) is 62.6 Å². The third-order valence-corrected chi connectivity index (χ3v) is 8.85. The molecule has 2 atom stereocenters. The van der Waals surface area contributed by atoms with Crippen LogP contribution in [0.2, 0.25) is 0 Å². The number of anilines is 2. The lowest BCUT2D eigenvalue weighted by Crippen LogP contribution is -2.48. The molecule has 0 bridgehead atoms. The highest BCUT2D eigenvalue weighted by Crippen LogP contribution is 2.50. The van der Waals surface area contributed by atoms with E-state index < -0.39 is 22.9 Å². The molecule has 0 unspecified atom stereocenters. The number of benzene rings is 2. The van der Waals surface area contributed by atoms with Crippen molar-refractivity contribution in [2.75, 3.05) is 35.0 Å². The van der Waals surface area contributed by atoms with Crippen LogP contribution in [0.5, 0.6) is 0 Å². The number of aliphatic hydroxyl groups is 1. The van der Waals surface area contributed by atoms with Crippen molar-refractivity contribution in [3.8, 4) is 0 Å². The number of hydrogen-bond donors (Lipinski definition) is 6. The molecular weight excluding hydrogens is 526 g/mol. The lowest BCUT2D eigenvalue weighted by molar-refractivity contribution is 0.0830. The number of amides is 1. The van der Waals surface area contributed by atoms with Gasteiger partial charge in [-0.15, -0.1) is 10.8 Å². The fourth-order valence-electron chi connectivity index (χ4n) is 4.89. The number of rotatable bonds is 12. The number of nitrogens with one attached hydrogen (secondary N) is 3. The summed E-state index contributed by atoms with van der Waals surface area (Å²) in [7, 11) is -2.94. The van der Waals surface area contributed by atoms with Crippen LogP contribution in [0.4, 0.5) is 11.4 Å². The number of aryl methyl sites for hydroxylation is 1. The first kappa shape index (κ1) is 29.8. The first-order chi connectivity index (χ1) is 19.2. The van der Waals surface area contributed by atoms with Crippen molar-refractivity contribution in [3.05, 3.63) is 89.2 Å². The molecular formula is C30H41N5O4S. The van der Waals surface area contributed by atoms with E-state index in [-0.39, 0.29) is 12.5 Å². The van der Waals surface area contributed by atoms with E-state index in [0.717, 1.165) is 35.5 Å². The first-order valence-electron chi connectivity index (χ1n) is 13.8. The van der Waals surface area contributed by atoms with Crippen molar-refractivity contribution in [2.24, 2.45) is 0 Å². The Kier molecular flexibility index (Phi) is 10.4. The van der Waals surface area contributed by atoms with E-state index in [1.165, 1.54) is 0 Å². The number of carbonyl (C=O) groups excluding carboxylic acids is 1. The van der Waals surface area contributed by atoms with Crippen LogP contribution in [0.1, 0.15) is 47.1 Å². The highest BCUT2D eigenvalue weighted by Gasteiger charge is 2.28. The van der Waals surface area contributed by atoms with Crippen molar-refractivity contribution in [1.82, 2.24) is 15.6 Å². The zero-order valence-corrected chi connectivity index (χ0v) is 24.0. The highest BCUT2D eigenvalue weighted by atomic mass is 32.3. The molecule has 10 heteroatoms. The van der Waals surface area contributed by atoms with Crippen molar-refractivity contribution >= 4 is 28.1 Å². The number of pyridine rings is 1. The average molecular weight is 568 g/mol. The molecule has 1 saturated heterocycles. The van der Waals surface area contributed by atoms with Gasteiger partial charge in [0.15, 0.2) is 0 Å². The summed E-state index contributed by atoms with van der Waals surface area (Å²) in [6.45, 7) is 5.83. The van der Waals surface area contributed by atoms with Gasteiger partial charge in [0.1, 0.15) is 0 Å². The summed E-state index contributed by atoms with van der Waals surface area (Å²) in [5.74, 6) is -0.0223. The Morgan fingerprint density at radius 2 is 1.88 bits per heavy atom. The molecule has 1 aliphatic rings. The van der Waals surface area contributed by atoms with Crippen LogP contribution in [-0.2, 0) is 13.0 Å². The van der Waals surface area contributed by atoms with Crippen molar-refractivity contribution in [3.63, 3.8) is 0 Å². The third-order valence-electron chi connectivity index (χ3n) is 6.92. The maximum Gasteiger partial charge on any atom is 0.251 e. The standard InChI is InChI=1S/C30H41N5O4S/c1-3-32-26-17-24(18-27(19-26)35-14-7-8-15-40(35,38)39)30(37)34-28(16-23-11-5-4-6-12-23)29(36)21-31-20-25-13-9-10-22(2)33-25/h4-6,9-13,17-19,28-29,31-32,36,38-39H,3,7-8,14-16,20-21H2,1-2H3,(H,34,37)/t28-,29-/m0/s1. The van der Waals surface area contributed by atoms with Gasteiger partial charge >= 0.3 is 0 Å². The SMILES string of the molecule is CCNc1cc(C(=O)N[C@@H](Cc2ccccc2)[C@@H](O)CNCc2cccc(C)n2)cc(N2CCCCS2(O)O)c1. The molecule has 1 fully saturated rings. The summed E-state index contributed by atoms with van der Waals surface area (Å²) >= 11 is 0. The van der Waals surface area contributed by atoms with Crippen LogP contribution < -0.4 is 20.3 Å². The van der Waals surface area contributed by atoms with E-state index in [2.05, 4.69) is 20.9 Å². The van der Waals surface area contributed by atoms with Gasteiger partial charge in [0.25, 0.3) is 5.91 Å². The molecule has 6 N–H and O–H groups in total. The number of aromatic nitrogens is 1. The molecule has 1 amide bonds. The van der Waals surface area contributed by atoms with E-state index >= 15 is 0 Å². The molecule has 9 nitrogen and oxygen atoms in total. The smallest absolute Gasteiger partial charge is 0.251 e. The zero-order chi connectivity index (χ0) is 28.5. The number of carbonyl (C=O) groups is 1. The fourth-order valence-corrected chi connectivity index (χ4v) is 6.57. The topological polar surface area (TPSA) is 130 Å². The predicted molar refractivity (Wildman–Crippen MR) is 163 cm³/mol. The number of aliphatic hydroxyl groups excluding tert-OH is 1. The fraction of sp³-hybridized carbons (Fsp3) is 0.400. The quantitative estimate of drug-likeness (QED) is 0.188. The van der Waals surface area contributed by atoms with Crippen LogP contribution in [0.25, 0.3) is 0 Å². The Labute approximate surface area is 238 Å². The van der Waals surface area contributed by atoms with E-state index in [1.807, 2.05) is 68.4 Å². The van der Waals surface area contributed by atoms with Gasteiger partial charge in [0, 0.05) is 43.1 Å². The second-order valence-corrected chi connectivity index (χ2v) is 12.3. The average Bonchev–Trinajstić information content (AvgIpc) is 2.93. The molecule has 4 rings (SSSR count). The molecule has 40 heavy (non-hydrogen) atoms. The van der Waals surface area contributed by atoms with E-state index in [1.54, 1.807) is 16.4 Å². The van der Waals surface area contributed by atoms with Gasteiger partial charge in [-0.2, -0.15) is 0 Å². The Morgan fingerprint density at radius 1 is 1.07 bits per heavy atom. The molecule has 0 spiro atoms. The van der Waals surface area contributed by atoms with E-state index in [4.69, 9.17) is 0 Å². The summed E-state index contributed by atoms with van der Waals surface area (Å²) in [5, 5.41) is 20.7. The second-order valence-electron chi connectivity index (χ2n) is 10.2. The molecule has 3 aromatic rings. The summed E-state index contributed by atoms with van der Waals surface area (Å²) < 4.78 is 23.0. The van der Waals surface area contributed by atoms with Gasteiger partial charge in [-0.25, -0.2) is 0 Å². The van der Waals surface area contributed by atoms with Gasteiger partial charge in [-0.05, 0) is 69.0 Å². The van der Waals surface area contributed by atoms with Crippen LogP contribution in [0, 0.1) is 6.92 Å². The lowest BCUT2D eigenvalue weighted by Gasteiger charge is -2.47. The molecule has 1 aliphatic heterocycles. The minimum atomic E-state index is -2.94. The number of hydrogen-bond acceptors (Lipinski definition) is 8. The largest absolute Gasteiger partial charge is 0.390 e. The maximum absolute atomic E-state index is 13.6. The van der Waals surface area contributed by atoms with Gasteiger partial charge in [0.2, 0.25) is 0 Å². The van der Waals surface area contributed by atoms with E-state index in [0.29, 0.717) is 43.1 Å². The zero-order valence-electron chi connectivity index (χ0n) is 23.2. The van der Waals surface area contributed by atoms with Crippen LogP contribution >= 0.6 is 10.8 Å². The summed E-state index contributed by atoms with van der Waals surface area (Å²) in [5.41, 5.74) is 4.51. The minimum absolute atomic E-state index is 0.269. The van der Waals surface area contributed by atoms with Crippen LogP contribution in [0.3, 0.4) is 0 Å². The Bertz CT molecular complexity index is 1260. The molecule has 1 aromatic heterocycles. The summed E-state index contributed by atoms with van der Waals surface area (Å²) in [6.07, 6.45) is 1.19. The molecule has 2 aromatic carbocycles. The minimum Gasteiger partial charge on any atom is -0.390 e. The normalized spacial score (nSPS) is 17.1. The van der Waals surface area contributed by atoms with Gasteiger partial charge < -0.3 is 21.1 Å². The molecule has 0 saturated carbocycles. The van der Waals surface area contributed by atoms with Crippen molar-refractivity contribution < 1.29 is 19.0 Å². The molecule has 0 radical (unpaired) electrons. The lowest BCUT2D eigenvalue weighted by atomic mass is 10.00. The van der Waals surface area contributed by atoms with Gasteiger partial charge in [-0.3, -0.25) is 23.2 Å². The summed E-state index contributed by atoms with van der Waals surface area (Å²) in [4.78, 5) is 18.1. The van der Waals surface area contributed by atoms with E-state index in [9.17, 15) is 19.0 Å². The van der Waals surface area contributed by atoms with Crippen molar-refractivity contribution in [2.45, 2.75) is 51.8 Å². The monoisotopic (exact) mass is 567 g/mol.